The Hall–Kier alpha value is -2.29. The van der Waals surface area contributed by atoms with Gasteiger partial charge in [0, 0.05) is 16.6 Å². The number of hydrogen-bond donors (Lipinski definition) is 2. The van der Waals surface area contributed by atoms with Gasteiger partial charge in [-0.1, -0.05) is 30.3 Å². The predicted molar refractivity (Wildman–Crippen MR) is 70.7 cm³/mol. The van der Waals surface area contributed by atoms with Gasteiger partial charge in [-0.05, 0) is 24.6 Å². The van der Waals surface area contributed by atoms with Crippen molar-refractivity contribution >= 4 is 16.6 Å². The summed E-state index contributed by atoms with van der Waals surface area (Å²) >= 11 is 0. The van der Waals surface area contributed by atoms with Crippen LogP contribution in [0.5, 0.6) is 0 Å². The molecule has 0 unspecified atom stereocenters. The van der Waals surface area contributed by atoms with Crippen molar-refractivity contribution < 1.29 is 0 Å². The van der Waals surface area contributed by atoms with Gasteiger partial charge in [0.05, 0.1) is 11.2 Å². The van der Waals surface area contributed by atoms with E-state index >= 15 is 0 Å². The standard InChI is InChI=1S/C14H13N3/c1-9-7-13-11(8-12(9)15)14(17-16-13)10-5-3-2-4-6-10/h2-8H,15H2,1H3,(H,16,17). The number of nitrogens with two attached hydrogens (primary N) is 1. The van der Waals surface area contributed by atoms with Crippen LogP contribution in [0.25, 0.3) is 22.2 Å². The van der Waals surface area contributed by atoms with Gasteiger partial charge in [-0.3, -0.25) is 5.10 Å². The van der Waals surface area contributed by atoms with E-state index in [0.717, 1.165) is 33.4 Å². The molecule has 3 aromatic rings. The zero-order chi connectivity index (χ0) is 11.8. The number of fused-ring (bicyclic) bond motifs is 1. The highest BCUT2D eigenvalue weighted by Gasteiger charge is 2.09. The molecule has 3 N–H and O–H groups in total. The number of aryl methyl sites for hydroxylation is 1. The van der Waals surface area contributed by atoms with Crippen molar-refractivity contribution in [1.29, 1.82) is 0 Å². The summed E-state index contributed by atoms with van der Waals surface area (Å²) in [5.41, 5.74) is 10.9. The molecule has 1 heterocycles. The maximum absolute atomic E-state index is 5.95. The quantitative estimate of drug-likeness (QED) is 0.623. The molecule has 0 amide bonds. The van der Waals surface area contributed by atoms with Crippen LogP contribution in [0.15, 0.2) is 42.5 Å². The van der Waals surface area contributed by atoms with E-state index in [9.17, 15) is 0 Å². The summed E-state index contributed by atoms with van der Waals surface area (Å²) in [4.78, 5) is 0. The smallest absolute Gasteiger partial charge is 0.1000 e. The van der Waals surface area contributed by atoms with Gasteiger partial charge in [-0.25, -0.2) is 0 Å². The van der Waals surface area contributed by atoms with E-state index in [0.29, 0.717) is 0 Å². The number of nitrogens with zero attached hydrogens (tertiary/aromatic N) is 1. The van der Waals surface area contributed by atoms with Gasteiger partial charge in [0.15, 0.2) is 0 Å². The van der Waals surface area contributed by atoms with Crippen LogP contribution in [0, 0.1) is 6.92 Å². The highest BCUT2D eigenvalue weighted by Crippen LogP contribution is 2.28. The van der Waals surface area contributed by atoms with E-state index in [1.807, 2.05) is 49.4 Å². The molecule has 3 nitrogen and oxygen atoms in total. The van der Waals surface area contributed by atoms with Gasteiger partial charge < -0.3 is 5.73 Å². The molecule has 0 aliphatic carbocycles. The molecule has 0 spiro atoms. The Balaban J connectivity index is 2.29. The molecule has 84 valence electrons. The number of hydrogen-bond acceptors (Lipinski definition) is 2. The fraction of sp³-hybridized carbons (Fsp3) is 0.0714. The highest BCUT2D eigenvalue weighted by molar-refractivity contribution is 5.95. The molecular formula is C14H13N3. The first kappa shape index (κ1) is 9.90. The van der Waals surface area contributed by atoms with Crippen molar-refractivity contribution in [2.75, 3.05) is 5.73 Å². The molecule has 0 saturated carbocycles. The monoisotopic (exact) mass is 223 g/mol. The van der Waals surface area contributed by atoms with Crippen LogP contribution in [0.4, 0.5) is 5.69 Å². The van der Waals surface area contributed by atoms with E-state index < -0.39 is 0 Å². The van der Waals surface area contributed by atoms with Gasteiger partial charge in [0.25, 0.3) is 0 Å². The molecule has 0 saturated heterocycles. The fourth-order valence-corrected chi connectivity index (χ4v) is 2.01. The van der Waals surface area contributed by atoms with Crippen LogP contribution in [-0.4, -0.2) is 10.2 Å². The van der Waals surface area contributed by atoms with Gasteiger partial charge in [-0.2, -0.15) is 5.10 Å². The van der Waals surface area contributed by atoms with Crippen LogP contribution < -0.4 is 5.73 Å². The number of aromatic amines is 1. The van der Waals surface area contributed by atoms with Crippen molar-refractivity contribution in [3.05, 3.63) is 48.0 Å². The third-order valence-electron chi connectivity index (χ3n) is 3.00. The lowest BCUT2D eigenvalue weighted by Gasteiger charge is -2.01. The zero-order valence-electron chi connectivity index (χ0n) is 9.57. The normalized spacial score (nSPS) is 10.9. The summed E-state index contributed by atoms with van der Waals surface area (Å²) in [6, 6.07) is 14.1. The first-order valence-electron chi connectivity index (χ1n) is 5.55. The van der Waals surface area contributed by atoms with E-state index in [2.05, 4.69) is 10.2 Å². The summed E-state index contributed by atoms with van der Waals surface area (Å²) in [6.45, 7) is 2.00. The minimum Gasteiger partial charge on any atom is -0.398 e. The second-order valence-corrected chi connectivity index (χ2v) is 4.19. The Labute approximate surface area is 99.3 Å². The zero-order valence-corrected chi connectivity index (χ0v) is 9.57. The van der Waals surface area contributed by atoms with Gasteiger partial charge in [0.2, 0.25) is 0 Å². The molecule has 0 atom stereocenters. The van der Waals surface area contributed by atoms with Gasteiger partial charge in [0.1, 0.15) is 0 Å². The molecule has 3 rings (SSSR count). The van der Waals surface area contributed by atoms with Crippen LogP contribution in [0.1, 0.15) is 5.56 Å². The Morgan fingerprint density at radius 1 is 1.12 bits per heavy atom. The Morgan fingerprint density at radius 3 is 2.65 bits per heavy atom. The van der Waals surface area contributed by atoms with Crippen molar-refractivity contribution in [3.63, 3.8) is 0 Å². The lowest BCUT2D eigenvalue weighted by atomic mass is 10.1. The molecular weight excluding hydrogens is 210 g/mol. The average molecular weight is 223 g/mol. The van der Waals surface area contributed by atoms with E-state index in [1.54, 1.807) is 0 Å². The van der Waals surface area contributed by atoms with Crippen LogP contribution >= 0.6 is 0 Å². The molecule has 17 heavy (non-hydrogen) atoms. The molecule has 1 aromatic heterocycles. The lowest BCUT2D eigenvalue weighted by molar-refractivity contribution is 1.12. The lowest BCUT2D eigenvalue weighted by Crippen LogP contribution is -1.88. The van der Waals surface area contributed by atoms with Crippen LogP contribution in [-0.2, 0) is 0 Å². The highest BCUT2D eigenvalue weighted by atomic mass is 15.1. The van der Waals surface area contributed by atoms with E-state index in [1.165, 1.54) is 0 Å². The second kappa shape index (κ2) is 3.63. The average Bonchev–Trinajstić information content (AvgIpc) is 2.74. The Bertz CT molecular complexity index is 669. The minimum absolute atomic E-state index is 0.802. The predicted octanol–water partition coefficient (Wildman–Crippen LogP) is 3.12. The SMILES string of the molecule is Cc1cc2[nH]nc(-c3ccccc3)c2cc1N. The summed E-state index contributed by atoms with van der Waals surface area (Å²) in [5.74, 6) is 0. The van der Waals surface area contributed by atoms with Crippen molar-refractivity contribution in [3.8, 4) is 11.3 Å². The molecule has 2 aromatic carbocycles. The Morgan fingerprint density at radius 2 is 1.88 bits per heavy atom. The summed E-state index contributed by atoms with van der Waals surface area (Å²) in [7, 11) is 0. The molecule has 0 bridgehead atoms. The number of benzene rings is 2. The summed E-state index contributed by atoms with van der Waals surface area (Å²) in [6.07, 6.45) is 0. The van der Waals surface area contributed by atoms with Crippen molar-refractivity contribution in [2.45, 2.75) is 6.92 Å². The fourth-order valence-electron chi connectivity index (χ4n) is 2.01. The number of anilines is 1. The number of aromatic nitrogens is 2. The number of H-pyrrole nitrogens is 1. The van der Waals surface area contributed by atoms with Gasteiger partial charge in [-0.15, -0.1) is 0 Å². The van der Waals surface area contributed by atoms with Crippen LogP contribution in [0.2, 0.25) is 0 Å². The second-order valence-electron chi connectivity index (χ2n) is 4.19. The van der Waals surface area contributed by atoms with E-state index in [4.69, 9.17) is 5.73 Å². The van der Waals surface area contributed by atoms with Crippen LogP contribution in [0.3, 0.4) is 0 Å². The van der Waals surface area contributed by atoms with E-state index in [-0.39, 0.29) is 0 Å². The third kappa shape index (κ3) is 1.56. The number of nitrogens with one attached hydrogen (secondary N) is 1. The summed E-state index contributed by atoms with van der Waals surface area (Å²) in [5, 5.41) is 8.49. The Kier molecular flexibility index (Phi) is 2.11. The van der Waals surface area contributed by atoms with Crippen molar-refractivity contribution in [2.24, 2.45) is 0 Å². The molecule has 0 aliphatic heterocycles. The first-order chi connectivity index (χ1) is 8.25. The molecule has 0 fully saturated rings. The number of rotatable bonds is 1. The van der Waals surface area contributed by atoms with Gasteiger partial charge >= 0.3 is 0 Å². The minimum atomic E-state index is 0.802. The largest absolute Gasteiger partial charge is 0.398 e. The number of nitrogen functional groups attached to an aromatic ring is 1. The third-order valence-corrected chi connectivity index (χ3v) is 3.00. The topological polar surface area (TPSA) is 54.7 Å². The first-order valence-corrected chi connectivity index (χ1v) is 5.55. The molecule has 0 radical (unpaired) electrons. The summed E-state index contributed by atoms with van der Waals surface area (Å²) < 4.78 is 0. The maximum Gasteiger partial charge on any atom is 0.1000 e. The van der Waals surface area contributed by atoms with Crippen molar-refractivity contribution in [1.82, 2.24) is 10.2 Å². The molecule has 3 heteroatoms. The maximum atomic E-state index is 5.95. The molecule has 0 aliphatic rings.